The fourth-order valence-electron chi connectivity index (χ4n) is 3.17. The summed E-state index contributed by atoms with van der Waals surface area (Å²) in [7, 11) is 0. The Kier molecular flexibility index (Phi) is 3.01. The summed E-state index contributed by atoms with van der Waals surface area (Å²) < 4.78 is 0.944. The maximum atomic E-state index is 12.4. The second-order valence-corrected chi connectivity index (χ2v) is 6.56. The van der Waals surface area contributed by atoms with Gasteiger partial charge in [0.05, 0.1) is 5.69 Å². The number of carbonyl (C=O) groups excluding carboxylic acids is 1. The Balaban J connectivity index is 1.92. The molecular weight excluding hydrogens is 354 g/mol. The molecule has 2 heterocycles. The summed E-state index contributed by atoms with van der Waals surface area (Å²) in [5.74, 6) is -0.447. The first kappa shape index (κ1) is 13.2. The lowest BCUT2D eigenvalue weighted by atomic mass is 9.93. The van der Waals surface area contributed by atoms with E-state index in [-0.39, 0.29) is 11.2 Å². The first-order chi connectivity index (χ1) is 10.1. The molecule has 1 N–H and O–H groups in total. The lowest BCUT2D eigenvalue weighted by Gasteiger charge is -2.13. The van der Waals surface area contributed by atoms with Crippen LogP contribution in [0.4, 0.5) is 5.69 Å². The maximum Gasteiger partial charge on any atom is 0.238 e. The SMILES string of the molecule is O=C1Nc2ccc(Br)cc2C1c1nc(Cl)nc2c1CCC2. The number of aryl methyl sites for hydroxylation is 1. The number of hydrogen-bond acceptors (Lipinski definition) is 3. The van der Waals surface area contributed by atoms with Crippen molar-refractivity contribution in [3.8, 4) is 0 Å². The van der Waals surface area contributed by atoms with Gasteiger partial charge in [-0.25, -0.2) is 9.97 Å². The third-order valence-corrected chi connectivity index (χ3v) is 4.72. The maximum absolute atomic E-state index is 12.4. The summed E-state index contributed by atoms with van der Waals surface area (Å²) in [6, 6.07) is 5.79. The van der Waals surface area contributed by atoms with Crippen molar-refractivity contribution >= 4 is 39.1 Å². The quantitative estimate of drug-likeness (QED) is 0.788. The zero-order valence-corrected chi connectivity index (χ0v) is 13.3. The number of amides is 1. The van der Waals surface area contributed by atoms with Crippen molar-refractivity contribution in [3.63, 3.8) is 0 Å². The van der Waals surface area contributed by atoms with Crippen LogP contribution in [0.5, 0.6) is 0 Å². The van der Waals surface area contributed by atoms with Gasteiger partial charge in [0.15, 0.2) is 0 Å². The Labute approximate surface area is 135 Å². The van der Waals surface area contributed by atoms with Crippen LogP contribution in [-0.4, -0.2) is 15.9 Å². The predicted molar refractivity (Wildman–Crippen MR) is 83.7 cm³/mol. The fourth-order valence-corrected chi connectivity index (χ4v) is 3.74. The van der Waals surface area contributed by atoms with Gasteiger partial charge in [0.1, 0.15) is 5.92 Å². The molecule has 4 rings (SSSR count). The van der Waals surface area contributed by atoms with E-state index in [9.17, 15) is 4.79 Å². The second-order valence-electron chi connectivity index (χ2n) is 5.31. The summed E-state index contributed by atoms with van der Waals surface area (Å²) in [5, 5.41) is 3.14. The van der Waals surface area contributed by atoms with Gasteiger partial charge in [-0.3, -0.25) is 4.79 Å². The van der Waals surface area contributed by atoms with Gasteiger partial charge in [0, 0.05) is 15.9 Å². The van der Waals surface area contributed by atoms with Crippen LogP contribution in [0, 0.1) is 0 Å². The highest BCUT2D eigenvalue weighted by Crippen LogP contribution is 2.41. The van der Waals surface area contributed by atoms with E-state index in [1.165, 1.54) is 0 Å². The number of carbonyl (C=O) groups is 1. The topological polar surface area (TPSA) is 54.9 Å². The van der Waals surface area contributed by atoms with E-state index >= 15 is 0 Å². The first-order valence-corrected chi connectivity index (χ1v) is 7.96. The van der Waals surface area contributed by atoms with Crippen LogP contribution < -0.4 is 5.32 Å². The van der Waals surface area contributed by atoms with Crippen molar-refractivity contribution < 1.29 is 4.79 Å². The highest BCUT2D eigenvalue weighted by molar-refractivity contribution is 9.10. The van der Waals surface area contributed by atoms with Crippen molar-refractivity contribution in [1.29, 1.82) is 0 Å². The van der Waals surface area contributed by atoms with E-state index in [0.717, 1.165) is 51.9 Å². The molecule has 1 unspecified atom stereocenters. The number of fused-ring (bicyclic) bond motifs is 2. The second kappa shape index (κ2) is 4.78. The van der Waals surface area contributed by atoms with Gasteiger partial charge >= 0.3 is 0 Å². The van der Waals surface area contributed by atoms with Crippen LogP contribution in [-0.2, 0) is 17.6 Å². The van der Waals surface area contributed by atoms with Crippen molar-refractivity contribution in [3.05, 3.63) is 50.5 Å². The molecule has 4 nitrogen and oxygen atoms in total. The molecule has 0 fully saturated rings. The van der Waals surface area contributed by atoms with Crippen LogP contribution in [0.25, 0.3) is 0 Å². The Morgan fingerprint density at radius 2 is 2.14 bits per heavy atom. The van der Waals surface area contributed by atoms with Crippen LogP contribution in [0.1, 0.15) is 34.9 Å². The zero-order valence-electron chi connectivity index (χ0n) is 11.0. The largest absolute Gasteiger partial charge is 0.325 e. The Morgan fingerprint density at radius 3 is 3.00 bits per heavy atom. The summed E-state index contributed by atoms with van der Waals surface area (Å²) in [4.78, 5) is 21.1. The lowest BCUT2D eigenvalue weighted by molar-refractivity contribution is -0.116. The van der Waals surface area contributed by atoms with Gasteiger partial charge in [-0.1, -0.05) is 15.9 Å². The number of nitrogens with zero attached hydrogens (tertiary/aromatic N) is 2. The smallest absolute Gasteiger partial charge is 0.238 e. The van der Waals surface area contributed by atoms with Gasteiger partial charge in [-0.15, -0.1) is 0 Å². The number of halogens is 2. The third kappa shape index (κ3) is 2.07. The molecule has 0 bridgehead atoms. The van der Waals surface area contributed by atoms with Crippen LogP contribution in [0.3, 0.4) is 0 Å². The zero-order chi connectivity index (χ0) is 14.6. The Hall–Kier alpha value is -1.46. The van der Waals surface area contributed by atoms with Crippen LogP contribution >= 0.6 is 27.5 Å². The Morgan fingerprint density at radius 1 is 1.29 bits per heavy atom. The summed E-state index contributed by atoms with van der Waals surface area (Å²) in [6.07, 6.45) is 2.86. The highest BCUT2D eigenvalue weighted by Gasteiger charge is 2.36. The molecule has 6 heteroatoms. The lowest BCUT2D eigenvalue weighted by Crippen LogP contribution is -2.17. The number of hydrogen-bond donors (Lipinski definition) is 1. The average molecular weight is 365 g/mol. The molecule has 106 valence electrons. The molecule has 0 radical (unpaired) electrons. The average Bonchev–Trinajstić information content (AvgIpc) is 3.01. The first-order valence-electron chi connectivity index (χ1n) is 6.79. The van der Waals surface area contributed by atoms with E-state index < -0.39 is 5.92 Å². The number of nitrogens with one attached hydrogen (secondary N) is 1. The van der Waals surface area contributed by atoms with Crippen LogP contribution in [0.15, 0.2) is 22.7 Å². The molecule has 1 aliphatic carbocycles. The normalized spacial score (nSPS) is 19.3. The monoisotopic (exact) mass is 363 g/mol. The summed E-state index contributed by atoms with van der Waals surface area (Å²) >= 11 is 9.51. The summed E-state index contributed by atoms with van der Waals surface area (Å²) in [5.41, 5.74) is 4.62. The van der Waals surface area contributed by atoms with Crippen molar-refractivity contribution in [2.75, 3.05) is 5.32 Å². The highest BCUT2D eigenvalue weighted by atomic mass is 79.9. The molecule has 0 saturated carbocycles. The molecule has 2 aliphatic rings. The Bertz CT molecular complexity index is 778. The van der Waals surface area contributed by atoms with Gasteiger partial charge in [0.25, 0.3) is 0 Å². The molecule has 2 aromatic rings. The van der Waals surface area contributed by atoms with E-state index in [4.69, 9.17) is 11.6 Å². The van der Waals surface area contributed by atoms with E-state index in [2.05, 4.69) is 31.2 Å². The van der Waals surface area contributed by atoms with Gasteiger partial charge in [0.2, 0.25) is 11.2 Å². The van der Waals surface area contributed by atoms with E-state index in [1.807, 2.05) is 18.2 Å². The van der Waals surface area contributed by atoms with E-state index in [1.54, 1.807) is 0 Å². The molecule has 1 amide bonds. The molecule has 21 heavy (non-hydrogen) atoms. The van der Waals surface area contributed by atoms with E-state index in [0.29, 0.717) is 0 Å². The molecule has 1 aromatic heterocycles. The molecule has 1 aliphatic heterocycles. The fraction of sp³-hybridized carbons (Fsp3) is 0.267. The minimum absolute atomic E-state index is 0.0491. The molecule has 0 spiro atoms. The minimum atomic E-state index is -0.398. The van der Waals surface area contributed by atoms with Gasteiger partial charge in [-0.2, -0.15) is 0 Å². The van der Waals surface area contributed by atoms with Crippen molar-refractivity contribution in [2.24, 2.45) is 0 Å². The van der Waals surface area contributed by atoms with Crippen molar-refractivity contribution in [1.82, 2.24) is 9.97 Å². The minimum Gasteiger partial charge on any atom is -0.325 e. The summed E-state index contributed by atoms with van der Waals surface area (Å²) in [6.45, 7) is 0. The molecule has 1 aromatic carbocycles. The number of aromatic nitrogens is 2. The number of rotatable bonds is 1. The molecular formula is C15H11BrClN3O. The standard InChI is InChI=1S/C15H11BrClN3O/c16-7-4-5-11-9(6-7)12(14(21)18-11)13-8-2-1-3-10(8)19-15(17)20-13/h4-6,12H,1-3H2,(H,18,21). The van der Waals surface area contributed by atoms with Crippen molar-refractivity contribution in [2.45, 2.75) is 25.2 Å². The number of anilines is 1. The molecule has 0 saturated heterocycles. The predicted octanol–water partition coefficient (Wildman–Crippen LogP) is 3.47. The van der Waals surface area contributed by atoms with Gasteiger partial charge < -0.3 is 5.32 Å². The molecule has 1 atom stereocenters. The third-order valence-electron chi connectivity index (χ3n) is 4.06. The van der Waals surface area contributed by atoms with Crippen LogP contribution in [0.2, 0.25) is 5.28 Å². The van der Waals surface area contributed by atoms with Gasteiger partial charge in [-0.05, 0) is 60.2 Å². The number of benzene rings is 1.